The number of nitrogens with zero attached hydrogens (tertiary/aromatic N) is 1. The summed E-state index contributed by atoms with van der Waals surface area (Å²) in [5, 5.41) is 2.65. The molecule has 9 heteroatoms. The van der Waals surface area contributed by atoms with Crippen LogP contribution in [-0.4, -0.2) is 25.6 Å². The van der Waals surface area contributed by atoms with Gasteiger partial charge in [-0.1, -0.05) is 32.9 Å². The molecule has 2 aromatic rings. The van der Waals surface area contributed by atoms with Gasteiger partial charge in [-0.15, -0.1) is 0 Å². The molecule has 1 aromatic heterocycles. The Kier molecular flexibility index (Phi) is 7.18. The van der Waals surface area contributed by atoms with Crippen LogP contribution in [0.15, 0.2) is 41.0 Å². The molecule has 0 bridgehead atoms. The van der Waals surface area contributed by atoms with Crippen molar-refractivity contribution >= 4 is 43.6 Å². The molecule has 1 amide bonds. The first-order valence-corrected chi connectivity index (χ1v) is 11.4. The van der Waals surface area contributed by atoms with Crippen LogP contribution >= 0.6 is 15.9 Å². The number of aromatic nitrogens is 1. The number of halogens is 2. The van der Waals surface area contributed by atoms with Crippen molar-refractivity contribution in [2.45, 2.75) is 32.7 Å². The first-order chi connectivity index (χ1) is 13.3. The minimum Gasteiger partial charge on any atom is -0.348 e. The zero-order valence-corrected chi connectivity index (χ0v) is 19.0. The van der Waals surface area contributed by atoms with Gasteiger partial charge in [0, 0.05) is 29.3 Å². The van der Waals surface area contributed by atoms with Gasteiger partial charge < -0.3 is 5.32 Å². The van der Waals surface area contributed by atoms with E-state index in [-0.39, 0.29) is 23.6 Å². The molecule has 1 aromatic carbocycles. The van der Waals surface area contributed by atoms with Gasteiger partial charge in [-0.05, 0) is 45.8 Å². The SMILES string of the molecule is CC(C)(C)c1ccc(C=CC(=O)NCc2ccc(NS(C)(=O)=O)c(F)c2)c(Br)n1. The third-order valence-corrected chi connectivity index (χ3v) is 5.08. The van der Waals surface area contributed by atoms with E-state index in [0.717, 1.165) is 17.5 Å². The summed E-state index contributed by atoms with van der Waals surface area (Å²) in [5.41, 5.74) is 1.97. The fraction of sp³-hybridized carbons (Fsp3) is 0.300. The highest BCUT2D eigenvalue weighted by molar-refractivity contribution is 9.10. The topological polar surface area (TPSA) is 88.2 Å². The second-order valence-electron chi connectivity index (χ2n) is 7.57. The summed E-state index contributed by atoms with van der Waals surface area (Å²) in [6.45, 7) is 6.30. The second-order valence-corrected chi connectivity index (χ2v) is 10.1. The molecule has 0 unspecified atom stereocenters. The van der Waals surface area contributed by atoms with Crippen LogP contribution in [0.3, 0.4) is 0 Å². The van der Waals surface area contributed by atoms with Crippen molar-refractivity contribution in [1.82, 2.24) is 10.3 Å². The van der Waals surface area contributed by atoms with Crippen LogP contribution in [0, 0.1) is 5.82 Å². The molecule has 6 nitrogen and oxygen atoms in total. The van der Waals surface area contributed by atoms with Crippen LogP contribution in [0.25, 0.3) is 6.08 Å². The van der Waals surface area contributed by atoms with Crippen LogP contribution in [-0.2, 0) is 26.8 Å². The average molecular weight is 484 g/mol. The Bertz CT molecular complexity index is 1050. The number of pyridine rings is 1. The highest BCUT2D eigenvalue weighted by atomic mass is 79.9. The Morgan fingerprint density at radius 2 is 1.93 bits per heavy atom. The lowest BCUT2D eigenvalue weighted by molar-refractivity contribution is -0.116. The molecule has 0 aliphatic heterocycles. The summed E-state index contributed by atoms with van der Waals surface area (Å²) < 4.78 is 39.1. The first-order valence-electron chi connectivity index (χ1n) is 8.74. The van der Waals surface area contributed by atoms with E-state index in [1.54, 1.807) is 6.08 Å². The summed E-state index contributed by atoms with van der Waals surface area (Å²) >= 11 is 3.42. The molecule has 29 heavy (non-hydrogen) atoms. The number of nitrogens with one attached hydrogen (secondary N) is 2. The summed E-state index contributed by atoms with van der Waals surface area (Å²) in [7, 11) is -3.56. The zero-order chi connectivity index (χ0) is 21.8. The maximum Gasteiger partial charge on any atom is 0.244 e. The van der Waals surface area contributed by atoms with Crippen molar-refractivity contribution in [2.24, 2.45) is 0 Å². The summed E-state index contributed by atoms with van der Waals surface area (Å²) in [4.78, 5) is 16.6. The van der Waals surface area contributed by atoms with Gasteiger partial charge in [0.1, 0.15) is 10.4 Å². The lowest BCUT2D eigenvalue weighted by Gasteiger charge is -2.18. The predicted octanol–water partition coefficient (Wildman–Crippen LogP) is 3.98. The maximum absolute atomic E-state index is 14.0. The van der Waals surface area contributed by atoms with Crippen LogP contribution in [0.5, 0.6) is 0 Å². The standard InChI is InChI=1S/C20H23BrFN3O3S/c1-20(2,3)17-9-6-14(19(21)24-17)7-10-18(26)23-12-13-5-8-16(15(22)11-13)25-29(4,27)28/h5-11,25H,12H2,1-4H3,(H,23,26). The molecule has 0 saturated heterocycles. The molecule has 0 aliphatic carbocycles. The fourth-order valence-corrected chi connectivity index (χ4v) is 3.37. The number of carbonyl (C=O) groups excluding carboxylic acids is 1. The van der Waals surface area contributed by atoms with Gasteiger partial charge >= 0.3 is 0 Å². The summed E-state index contributed by atoms with van der Waals surface area (Å²) in [6.07, 6.45) is 3.95. The van der Waals surface area contributed by atoms with Crippen LogP contribution in [0.1, 0.15) is 37.6 Å². The Morgan fingerprint density at radius 1 is 1.24 bits per heavy atom. The highest BCUT2D eigenvalue weighted by Crippen LogP contribution is 2.24. The third kappa shape index (κ3) is 7.25. The van der Waals surface area contributed by atoms with Crippen molar-refractivity contribution in [3.8, 4) is 0 Å². The van der Waals surface area contributed by atoms with Crippen molar-refractivity contribution in [2.75, 3.05) is 11.0 Å². The highest BCUT2D eigenvalue weighted by Gasteiger charge is 2.16. The molecule has 156 valence electrons. The number of sulfonamides is 1. The lowest BCUT2D eigenvalue weighted by atomic mass is 9.91. The molecule has 2 N–H and O–H groups in total. The molecule has 0 saturated carbocycles. The Hall–Kier alpha value is -2.26. The summed E-state index contributed by atoms with van der Waals surface area (Å²) in [6, 6.07) is 7.81. The van der Waals surface area contributed by atoms with E-state index in [9.17, 15) is 17.6 Å². The molecule has 0 radical (unpaired) electrons. The molecule has 0 atom stereocenters. The first kappa shape index (κ1) is 23.0. The molecule has 2 rings (SSSR count). The predicted molar refractivity (Wildman–Crippen MR) is 116 cm³/mol. The Labute approximate surface area is 178 Å². The largest absolute Gasteiger partial charge is 0.348 e. The Morgan fingerprint density at radius 3 is 2.48 bits per heavy atom. The van der Waals surface area contributed by atoms with Gasteiger partial charge in [0.05, 0.1) is 11.9 Å². The monoisotopic (exact) mass is 483 g/mol. The number of carbonyl (C=O) groups is 1. The molecular formula is C20H23BrFN3O3S. The molecule has 0 spiro atoms. The number of rotatable bonds is 6. The zero-order valence-electron chi connectivity index (χ0n) is 16.6. The minimum atomic E-state index is -3.56. The van der Waals surface area contributed by atoms with Crippen LogP contribution < -0.4 is 10.0 Å². The average Bonchev–Trinajstić information content (AvgIpc) is 2.59. The summed E-state index contributed by atoms with van der Waals surface area (Å²) in [5.74, 6) is -1.07. The van der Waals surface area contributed by atoms with Crippen molar-refractivity contribution < 1.29 is 17.6 Å². The molecule has 0 aliphatic rings. The van der Waals surface area contributed by atoms with Crippen molar-refractivity contribution in [3.05, 3.63) is 63.6 Å². The van der Waals surface area contributed by atoms with E-state index < -0.39 is 15.8 Å². The minimum absolute atomic E-state index is 0.0796. The lowest BCUT2D eigenvalue weighted by Crippen LogP contribution is -2.20. The van der Waals surface area contributed by atoms with Gasteiger partial charge in [-0.2, -0.15) is 0 Å². The van der Waals surface area contributed by atoms with Crippen LogP contribution in [0.4, 0.5) is 10.1 Å². The quantitative estimate of drug-likeness (QED) is 0.480. The number of anilines is 1. The van der Waals surface area contributed by atoms with Gasteiger partial charge in [0.2, 0.25) is 15.9 Å². The normalized spacial score (nSPS) is 12.2. The molecule has 0 fully saturated rings. The van der Waals surface area contributed by atoms with E-state index in [1.165, 1.54) is 24.3 Å². The molecular weight excluding hydrogens is 461 g/mol. The van der Waals surface area contributed by atoms with E-state index in [0.29, 0.717) is 10.2 Å². The third-order valence-electron chi connectivity index (χ3n) is 3.86. The number of amides is 1. The maximum atomic E-state index is 14.0. The fourth-order valence-electron chi connectivity index (χ4n) is 2.35. The van der Waals surface area contributed by atoms with E-state index in [4.69, 9.17) is 0 Å². The van der Waals surface area contributed by atoms with Gasteiger partial charge in [0.25, 0.3) is 0 Å². The van der Waals surface area contributed by atoms with E-state index >= 15 is 0 Å². The number of hydrogen-bond donors (Lipinski definition) is 2. The smallest absolute Gasteiger partial charge is 0.244 e. The van der Waals surface area contributed by atoms with Crippen molar-refractivity contribution in [1.29, 1.82) is 0 Å². The van der Waals surface area contributed by atoms with E-state index in [1.807, 2.05) is 12.1 Å². The van der Waals surface area contributed by atoms with Crippen LogP contribution in [0.2, 0.25) is 0 Å². The second kappa shape index (κ2) is 9.04. The van der Waals surface area contributed by atoms with Gasteiger partial charge in [-0.25, -0.2) is 17.8 Å². The van der Waals surface area contributed by atoms with Crippen molar-refractivity contribution in [3.63, 3.8) is 0 Å². The number of benzene rings is 1. The van der Waals surface area contributed by atoms with Gasteiger partial charge in [0.15, 0.2) is 0 Å². The Balaban J connectivity index is 1.99. The van der Waals surface area contributed by atoms with Gasteiger partial charge in [-0.3, -0.25) is 9.52 Å². The number of hydrogen-bond acceptors (Lipinski definition) is 4. The molecule has 1 heterocycles. The van der Waals surface area contributed by atoms with E-state index in [2.05, 4.69) is 51.7 Å².